The van der Waals surface area contributed by atoms with Crippen molar-refractivity contribution in [1.82, 2.24) is 0 Å². The molecule has 10 nitrogen and oxygen atoms in total. The first kappa shape index (κ1) is 48.7. The van der Waals surface area contributed by atoms with Gasteiger partial charge in [-0.25, -0.2) is 0 Å². The lowest BCUT2D eigenvalue weighted by Crippen LogP contribution is -2.59. The number of ether oxygens (including phenoxy) is 4. The summed E-state index contributed by atoms with van der Waals surface area (Å²) in [7, 11) is 0. The first-order valence-electron chi connectivity index (χ1n) is 21.6. The molecule has 0 aromatic carbocycles. The Kier molecular flexibility index (Phi) is 32.1. The maximum atomic E-state index is 12.7. The molecule has 6 unspecified atom stereocenters. The minimum atomic E-state index is -1.59. The number of hydrogen-bond acceptors (Lipinski definition) is 10. The van der Waals surface area contributed by atoms with Crippen molar-refractivity contribution in [2.75, 3.05) is 19.8 Å². The molecule has 10 heteroatoms. The molecule has 0 aromatic rings. The lowest BCUT2D eigenvalue weighted by Gasteiger charge is -2.39. The number of hydrogen-bond donors (Lipinski definition) is 4. The maximum Gasteiger partial charge on any atom is 0.306 e. The summed E-state index contributed by atoms with van der Waals surface area (Å²) < 4.78 is 22.1. The van der Waals surface area contributed by atoms with Gasteiger partial charge >= 0.3 is 11.9 Å². The fourth-order valence-electron chi connectivity index (χ4n) is 6.78. The zero-order chi connectivity index (χ0) is 38.1. The Hall–Kier alpha value is -1.30. The number of unbranched alkanes of at least 4 members (excludes halogenated alkanes) is 25. The van der Waals surface area contributed by atoms with Crippen molar-refractivity contribution in [3.8, 4) is 0 Å². The lowest BCUT2D eigenvalue weighted by molar-refractivity contribution is -0.305. The third kappa shape index (κ3) is 25.7. The third-order valence-electron chi connectivity index (χ3n) is 10.2. The molecule has 6 atom stereocenters. The second-order valence-corrected chi connectivity index (χ2v) is 15.2. The molecule has 1 rings (SSSR count). The lowest BCUT2D eigenvalue weighted by atomic mass is 9.99. The van der Waals surface area contributed by atoms with Gasteiger partial charge in [-0.15, -0.1) is 0 Å². The minimum Gasteiger partial charge on any atom is -0.462 e. The standard InChI is InChI=1S/C42H80O10/c1-3-5-7-9-11-13-15-16-17-18-19-20-21-23-25-27-29-31-38(45)51-35(34-50-42-41(48)40(47)39(46)36(32-43)52-42)33-49-37(44)30-28-26-24-22-14-12-10-8-6-4-2/h35-36,39-43,46-48H,3-34H2,1-2H3. The first-order chi connectivity index (χ1) is 25.3. The second kappa shape index (κ2) is 34.2. The Morgan fingerprint density at radius 3 is 1.31 bits per heavy atom. The fraction of sp³-hybridized carbons (Fsp3) is 0.952. The van der Waals surface area contributed by atoms with Gasteiger partial charge in [-0.1, -0.05) is 174 Å². The van der Waals surface area contributed by atoms with Crippen molar-refractivity contribution in [2.45, 2.75) is 237 Å². The molecule has 0 radical (unpaired) electrons. The van der Waals surface area contributed by atoms with E-state index in [9.17, 15) is 30.0 Å². The predicted octanol–water partition coefficient (Wildman–Crippen LogP) is 8.61. The van der Waals surface area contributed by atoms with Gasteiger partial charge in [0, 0.05) is 12.8 Å². The van der Waals surface area contributed by atoms with Gasteiger partial charge in [0.15, 0.2) is 12.4 Å². The summed E-state index contributed by atoms with van der Waals surface area (Å²) in [5.41, 5.74) is 0. The SMILES string of the molecule is CCCCCCCCCCCCCCCCCCCC(=O)OC(COC(=O)CCCCCCCCCCCC)COC1OC(CO)C(O)C(O)C1O. The summed E-state index contributed by atoms with van der Waals surface area (Å²) in [6, 6.07) is 0. The van der Waals surface area contributed by atoms with Crippen LogP contribution in [0, 0.1) is 0 Å². The van der Waals surface area contributed by atoms with Crippen molar-refractivity contribution < 1.29 is 49.0 Å². The zero-order valence-electron chi connectivity index (χ0n) is 33.3. The highest BCUT2D eigenvalue weighted by molar-refractivity contribution is 5.70. The van der Waals surface area contributed by atoms with Gasteiger partial charge in [0.05, 0.1) is 13.2 Å². The predicted molar refractivity (Wildman–Crippen MR) is 206 cm³/mol. The summed E-state index contributed by atoms with van der Waals surface area (Å²) in [6.07, 6.45) is 25.4. The van der Waals surface area contributed by atoms with Gasteiger partial charge in [-0.05, 0) is 12.8 Å². The topological polar surface area (TPSA) is 152 Å². The molecule has 0 bridgehead atoms. The number of esters is 2. The largest absolute Gasteiger partial charge is 0.462 e. The normalized spacial score (nSPS) is 20.9. The molecule has 0 amide bonds. The molecule has 1 heterocycles. The summed E-state index contributed by atoms with van der Waals surface area (Å²) >= 11 is 0. The van der Waals surface area contributed by atoms with Crippen LogP contribution in [0.15, 0.2) is 0 Å². The number of rotatable bonds is 36. The van der Waals surface area contributed by atoms with Crippen LogP contribution in [-0.2, 0) is 28.5 Å². The Morgan fingerprint density at radius 1 is 0.519 bits per heavy atom. The monoisotopic (exact) mass is 745 g/mol. The molecular formula is C42H80O10. The van der Waals surface area contributed by atoms with Crippen LogP contribution in [0.3, 0.4) is 0 Å². The van der Waals surface area contributed by atoms with Crippen LogP contribution in [0.1, 0.15) is 200 Å². The molecule has 1 aliphatic rings. The second-order valence-electron chi connectivity index (χ2n) is 15.2. The van der Waals surface area contributed by atoms with E-state index >= 15 is 0 Å². The highest BCUT2D eigenvalue weighted by atomic mass is 16.7. The number of carbonyl (C=O) groups excluding carboxylic acids is 2. The minimum absolute atomic E-state index is 0.210. The van der Waals surface area contributed by atoms with Gasteiger partial charge in [-0.2, -0.15) is 0 Å². The smallest absolute Gasteiger partial charge is 0.306 e. The molecule has 0 aliphatic carbocycles. The van der Waals surface area contributed by atoms with E-state index in [1.807, 2.05) is 0 Å². The van der Waals surface area contributed by atoms with Gasteiger partial charge < -0.3 is 39.4 Å². The maximum absolute atomic E-state index is 12.7. The van der Waals surface area contributed by atoms with Gasteiger partial charge in [-0.3, -0.25) is 9.59 Å². The molecule has 1 aliphatic heterocycles. The zero-order valence-corrected chi connectivity index (χ0v) is 33.3. The fourth-order valence-corrected chi connectivity index (χ4v) is 6.78. The van der Waals surface area contributed by atoms with Crippen LogP contribution < -0.4 is 0 Å². The Balaban J connectivity index is 2.31. The molecule has 0 spiro atoms. The third-order valence-corrected chi connectivity index (χ3v) is 10.2. The van der Waals surface area contributed by atoms with Crippen LogP contribution >= 0.6 is 0 Å². The van der Waals surface area contributed by atoms with Crippen molar-refractivity contribution in [3.05, 3.63) is 0 Å². The highest BCUT2D eigenvalue weighted by Gasteiger charge is 2.44. The van der Waals surface area contributed by atoms with E-state index in [1.165, 1.54) is 128 Å². The average molecular weight is 745 g/mol. The Labute approximate surface area is 317 Å². The number of aliphatic hydroxyl groups excluding tert-OH is 4. The molecule has 0 aromatic heterocycles. The van der Waals surface area contributed by atoms with Gasteiger partial charge in [0.25, 0.3) is 0 Å². The van der Waals surface area contributed by atoms with Crippen molar-refractivity contribution in [1.29, 1.82) is 0 Å². The van der Waals surface area contributed by atoms with E-state index in [1.54, 1.807) is 0 Å². The van der Waals surface area contributed by atoms with E-state index < -0.39 is 49.4 Å². The highest BCUT2D eigenvalue weighted by Crippen LogP contribution is 2.23. The molecule has 4 N–H and O–H groups in total. The number of aliphatic hydroxyl groups is 4. The molecule has 308 valence electrons. The Bertz CT molecular complexity index is 825. The van der Waals surface area contributed by atoms with Crippen molar-refractivity contribution in [3.63, 3.8) is 0 Å². The van der Waals surface area contributed by atoms with E-state index in [0.717, 1.165) is 38.5 Å². The van der Waals surface area contributed by atoms with Crippen molar-refractivity contribution >= 4 is 11.9 Å². The van der Waals surface area contributed by atoms with E-state index in [2.05, 4.69) is 13.8 Å². The summed E-state index contributed by atoms with van der Waals surface area (Å²) in [4.78, 5) is 25.2. The van der Waals surface area contributed by atoms with E-state index in [-0.39, 0.29) is 32.0 Å². The van der Waals surface area contributed by atoms with Crippen LogP contribution in [0.4, 0.5) is 0 Å². The van der Waals surface area contributed by atoms with E-state index in [4.69, 9.17) is 18.9 Å². The summed E-state index contributed by atoms with van der Waals surface area (Å²) in [5.74, 6) is -0.796. The molecule has 1 saturated heterocycles. The first-order valence-corrected chi connectivity index (χ1v) is 21.6. The molecular weight excluding hydrogens is 664 g/mol. The number of carbonyl (C=O) groups is 2. The van der Waals surface area contributed by atoms with Gasteiger partial charge in [0.1, 0.15) is 31.0 Å². The Morgan fingerprint density at radius 2 is 0.904 bits per heavy atom. The average Bonchev–Trinajstić information content (AvgIpc) is 3.14. The summed E-state index contributed by atoms with van der Waals surface area (Å²) in [5, 5.41) is 40.0. The molecule has 52 heavy (non-hydrogen) atoms. The molecule has 0 saturated carbocycles. The van der Waals surface area contributed by atoms with Crippen LogP contribution in [0.5, 0.6) is 0 Å². The quantitative estimate of drug-likeness (QED) is 0.0363. The summed E-state index contributed by atoms with van der Waals surface area (Å²) in [6.45, 7) is 3.43. The van der Waals surface area contributed by atoms with Crippen LogP contribution in [-0.4, -0.2) is 89.0 Å². The van der Waals surface area contributed by atoms with Gasteiger partial charge in [0.2, 0.25) is 0 Å². The molecule has 1 fully saturated rings. The van der Waals surface area contributed by atoms with Crippen LogP contribution in [0.2, 0.25) is 0 Å². The van der Waals surface area contributed by atoms with Crippen molar-refractivity contribution in [2.24, 2.45) is 0 Å². The van der Waals surface area contributed by atoms with Crippen LogP contribution in [0.25, 0.3) is 0 Å². The van der Waals surface area contributed by atoms with E-state index in [0.29, 0.717) is 6.42 Å².